The molecule has 0 spiro atoms. The van der Waals surface area contributed by atoms with Crippen molar-refractivity contribution in [3.8, 4) is 44.5 Å². The van der Waals surface area contributed by atoms with Crippen molar-refractivity contribution in [2.24, 2.45) is 4.99 Å². The number of rotatable bonds is 6. The Hall–Kier alpha value is -6.05. The first-order valence-corrected chi connectivity index (χ1v) is 16.4. The highest BCUT2D eigenvalue weighted by atomic mass is 14.8. The second kappa shape index (κ2) is 12.2. The van der Waals surface area contributed by atoms with E-state index in [0.29, 0.717) is 27.3 Å². The lowest BCUT2D eigenvalue weighted by atomic mass is 9.84. The van der Waals surface area contributed by atoms with Gasteiger partial charge in [-0.25, -0.2) is 0 Å². The van der Waals surface area contributed by atoms with Gasteiger partial charge >= 0.3 is 0 Å². The van der Waals surface area contributed by atoms with Gasteiger partial charge in [-0.15, -0.1) is 0 Å². The predicted molar refractivity (Wildman–Crippen MR) is 209 cm³/mol. The van der Waals surface area contributed by atoms with Gasteiger partial charge in [-0.05, 0) is 102 Å². The number of nitrogens with zero attached hydrogens (tertiary/aromatic N) is 1. The van der Waals surface area contributed by atoms with Gasteiger partial charge in [0.05, 0.1) is 19.4 Å². The van der Waals surface area contributed by atoms with E-state index in [1.54, 1.807) is 12.1 Å². The van der Waals surface area contributed by atoms with Crippen molar-refractivity contribution >= 4 is 32.9 Å². The first kappa shape index (κ1) is 20.3. The molecule has 0 saturated heterocycles. The summed E-state index contributed by atoms with van der Waals surface area (Å²) in [5, 5.41) is 2.61. The van der Waals surface area contributed by atoms with E-state index in [2.05, 4.69) is 61.5 Å². The van der Waals surface area contributed by atoms with Gasteiger partial charge in [0.25, 0.3) is 0 Å². The highest BCUT2D eigenvalue weighted by molar-refractivity contribution is 6.22. The Balaban J connectivity index is 1.32. The van der Waals surface area contributed by atoms with Crippen LogP contribution in [0.4, 0.5) is 5.69 Å². The molecule has 0 N–H and O–H groups in total. The maximum Gasteiger partial charge on any atom is 0.0671 e. The molecule has 1 atom stereocenters. The molecule has 0 bridgehead atoms. The Morgan fingerprint density at radius 1 is 0.490 bits per heavy atom. The molecule has 0 saturated carbocycles. The summed E-state index contributed by atoms with van der Waals surface area (Å²) >= 11 is 0. The average molecular weight is 636 g/mol. The van der Waals surface area contributed by atoms with Gasteiger partial charge in [0, 0.05) is 11.6 Å². The SMILES string of the molecule is [2H]c1c([2H])c([2H])c(-c2ccc3c(-c4cccc(-c5cccc(C6C(CC)=Nc7ccccc76)c5)c4)c4ccccc4c(-c4c([2H])c([2H])c([2H])c([2H])c4[2H])c3c2)c([2H])c1[2H]. The lowest BCUT2D eigenvalue weighted by molar-refractivity contribution is 1.07. The molecule has 0 radical (unpaired) electrons. The van der Waals surface area contributed by atoms with E-state index in [9.17, 15) is 0 Å². The minimum Gasteiger partial charge on any atom is -0.257 e. The summed E-state index contributed by atoms with van der Waals surface area (Å²) in [4.78, 5) is 4.96. The van der Waals surface area contributed by atoms with Gasteiger partial charge in [0.15, 0.2) is 0 Å². The third-order valence-electron chi connectivity index (χ3n) is 9.47. The van der Waals surface area contributed by atoms with Crippen molar-refractivity contribution < 1.29 is 13.7 Å². The number of aliphatic imine (C=N–C) groups is 1. The van der Waals surface area contributed by atoms with Crippen molar-refractivity contribution in [1.82, 2.24) is 0 Å². The van der Waals surface area contributed by atoms with Crippen LogP contribution in [-0.4, -0.2) is 5.71 Å². The maximum atomic E-state index is 9.06. The van der Waals surface area contributed by atoms with Crippen LogP contribution in [-0.2, 0) is 0 Å². The monoisotopic (exact) mass is 635 g/mol. The van der Waals surface area contributed by atoms with Gasteiger partial charge in [-0.1, -0.05) is 164 Å². The third kappa shape index (κ3) is 5.07. The Labute approximate surface area is 301 Å². The summed E-state index contributed by atoms with van der Waals surface area (Å²) in [6, 6.07) is 33.5. The minimum atomic E-state index is -0.509. The Morgan fingerprint density at radius 3 is 1.84 bits per heavy atom. The smallest absolute Gasteiger partial charge is 0.0671 e. The third-order valence-corrected chi connectivity index (χ3v) is 9.47. The fourth-order valence-electron chi connectivity index (χ4n) is 7.32. The van der Waals surface area contributed by atoms with Gasteiger partial charge in [0.2, 0.25) is 0 Å². The number of hydrogen-bond acceptors (Lipinski definition) is 1. The fourth-order valence-corrected chi connectivity index (χ4v) is 7.32. The van der Waals surface area contributed by atoms with Crippen molar-refractivity contribution in [1.29, 1.82) is 0 Å². The van der Waals surface area contributed by atoms with Crippen LogP contribution >= 0.6 is 0 Å². The summed E-state index contributed by atoms with van der Waals surface area (Å²) in [5.74, 6) is 0.0541. The second-order valence-electron chi connectivity index (χ2n) is 12.2. The van der Waals surface area contributed by atoms with E-state index in [-0.39, 0.29) is 41.2 Å². The zero-order chi connectivity index (χ0) is 41.4. The molecule has 1 aliphatic rings. The largest absolute Gasteiger partial charge is 0.257 e. The van der Waals surface area contributed by atoms with Gasteiger partial charge < -0.3 is 0 Å². The van der Waals surface area contributed by atoms with Gasteiger partial charge in [0.1, 0.15) is 0 Å². The molecule has 0 amide bonds. The molecular weight excluding hydrogens is 591 g/mol. The maximum absolute atomic E-state index is 9.06. The molecule has 8 aromatic rings. The van der Waals surface area contributed by atoms with Crippen LogP contribution in [0.15, 0.2) is 181 Å². The molecule has 0 aromatic heterocycles. The van der Waals surface area contributed by atoms with Crippen LogP contribution in [0.5, 0.6) is 0 Å². The molecule has 1 nitrogen and oxygen atoms in total. The number of para-hydroxylation sites is 1. The lowest BCUT2D eigenvalue weighted by Gasteiger charge is -2.19. The lowest BCUT2D eigenvalue weighted by Crippen LogP contribution is -2.09. The van der Waals surface area contributed by atoms with Crippen molar-refractivity contribution in [3.05, 3.63) is 187 Å². The molecule has 1 heterocycles. The normalized spacial score (nSPS) is 16.7. The number of fused-ring (bicyclic) bond motifs is 3. The predicted octanol–water partition coefficient (Wildman–Crippen LogP) is 13.3. The topological polar surface area (TPSA) is 12.4 Å². The Kier molecular flexibility index (Phi) is 5.06. The number of hydrogen-bond donors (Lipinski definition) is 0. The van der Waals surface area contributed by atoms with Crippen LogP contribution in [0.25, 0.3) is 66.1 Å². The zero-order valence-electron chi connectivity index (χ0n) is 36.7. The first-order chi connectivity index (χ1) is 28.4. The van der Waals surface area contributed by atoms with E-state index in [4.69, 9.17) is 18.7 Å². The molecular formula is C48H35N. The van der Waals surface area contributed by atoms with Crippen molar-refractivity contribution in [2.75, 3.05) is 0 Å². The molecule has 232 valence electrons. The Morgan fingerprint density at radius 2 is 1.08 bits per heavy atom. The molecule has 0 aliphatic carbocycles. The Bertz CT molecular complexity index is 3060. The second-order valence-corrected chi connectivity index (χ2v) is 12.2. The van der Waals surface area contributed by atoms with Crippen LogP contribution in [0, 0.1) is 0 Å². The zero-order valence-corrected chi connectivity index (χ0v) is 26.7. The molecule has 1 heteroatoms. The quantitative estimate of drug-likeness (QED) is 0.161. The molecule has 9 rings (SSSR count). The van der Waals surface area contributed by atoms with E-state index < -0.39 is 36.3 Å². The van der Waals surface area contributed by atoms with Crippen LogP contribution < -0.4 is 0 Å². The summed E-state index contributed by atoms with van der Waals surface area (Å²) in [6.07, 6.45) is 0.829. The summed E-state index contributed by atoms with van der Waals surface area (Å²) in [6.45, 7) is 2.13. The summed E-state index contributed by atoms with van der Waals surface area (Å²) < 4.78 is 86.1. The van der Waals surface area contributed by atoms with E-state index in [1.165, 1.54) is 5.56 Å². The highest BCUT2D eigenvalue weighted by Gasteiger charge is 2.27. The van der Waals surface area contributed by atoms with Gasteiger partial charge in [-0.3, -0.25) is 4.99 Å². The van der Waals surface area contributed by atoms with E-state index in [1.807, 2.05) is 48.5 Å². The fraction of sp³-hybridized carbons (Fsp3) is 0.0625. The average Bonchev–Trinajstić information content (AvgIpc) is 3.65. The van der Waals surface area contributed by atoms with Gasteiger partial charge in [-0.2, -0.15) is 0 Å². The molecule has 49 heavy (non-hydrogen) atoms. The van der Waals surface area contributed by atoms with Crippen LogP contribution in [0.3, 0.4) is 0 Å². The molecule has 1 aliphatic heterocycles. The highest BCUT2D eigenvalue weighted by Crippen LogP contribution is 2.46. The first-order valence-electron chi connectivity index (χ1n) is 21.4. The van der Waals surface area contributed by atoms with Crippen molar-refractivity contribution in [3.63, 3.8) is 0 Å². The number of benzene rings is 8. The van der Waals surface area contributed by atoms with Crippen LogP contribution in [0.2, 0.25) is 0 Å². The standard InChI is InChI=1S/C48H35N/c1-2-44-48(42-25-11-12-26-45(42)49-44)38-22-14-20-35(30-38)34-19-13-21-37(29-34)47-40-24-10-9-23-39(40)46(33-17-7-4-8-18-33)43-31-36(27-28-41(43)47)32-15-5-3-6-16-32/h3-31,48H,2H2,1H3/i3D,4D,5D,6D,7D,8D,15D,16D,17D,18D. The van der Waals surface area contributed by atoms with E-state index >= 15 is 0 Å². The minimum absolute atomic E-state index is 0.00246. The summed E-state index contributed by atoms with van der Waals surface area (Å²) in [5.41, 5.74) is 8.91. The molecule has 1 unspecified atom stereocenters. The summed E-state index contributed by atoms with van der Waals surface area (Å²) in [7, 11) is 0. The van der Waals surface area contributed by atoms with Crippen molar-refractivity contribution in [2.45, 2.75) is 19.3 Å². The molecule has 0 fully saturated rings. The molecule has 8 aromatic carbocycles. The van der Waals surface area contributed by atoms with E-state index in [0.717, 1.165) is 51.0 Å². The van der Waals surface area contributed by atoms with Crippen LogP contribution in [0.1, 0.15) is 44.1 Å².